The van der Waals surface area contributed by atoms with Crippen molar-refractivity contribution in [2.45, 2.75) is 49.6 Å². The Morgan fingerprint density at radius 2 is 2.30 bits per heavy atom. The highest BCUT2D eigenvalue weighted by atomic mass is 32.2. The monoisotopic (exact) mass is 293 g/mol. The summed E-state index contributed by atoms with van der Waals surface area (Å²) < 4.78 is 2.13. The van der Waals surface area contributed by atoms with Crippen molar-refractivity contribution in [3.63, 3.8) is 0 Å². The maximum absolute atomic E-state index is 12.2. The molecule has 1 aliphatic carbocycles. The van der Waals surface area contributed by atoms with Gasteiger partial charge in [0, 0.05) is 19.6 Å². The van der Waals surface area contributed by atoms with E-state index >= 15 is 0 Å². The molecule has 0 bridgehead atoms. The minimum Gasteiger partial charge on any atom is -0.344 e. The molecule has 1 fully saturated rings. The summed E-state index contributed by atoms with van der Waals surface area (Å²) in [6, 6.07) is 2.56. The van der Waals surface area contributed by atoms with E-state index in [1.807, 2.05) is 13.8 Å². The van der Waals surface area contributed by atoms with Crippen molar-refractivity contribution in [2.75, 3.05) is 13.6 Å². The average Bonchev–Trinajstić information content (AvgIpc) is 3.20. The Kier molecular flexibility index (Phi) is 4.65. The minimum atomic E-state index is -0.222. The molecule has 7 heteroatoms. The first-order valence-corrected chi connectivity index (χ1v) is 7.62. The standard InChI is InChI=1S/C13H19N5OS/c1-9(12(19)17(3)8-4-7-14)20-13-16-15-10(2)18(13)11-5-6-11/h9,11H,4-6,8H2,1-3H3/t9-/m0/s1. The summed E-state index contributed by atoms with van der Waals surface area (Å²) in [5.74, 6) is 0.931. The summed E-state index contributed by atoms with van der Waals surface area (Å²) in [4.78, 5) is 13.8. The minimum absolute atomic E-state index is 0.0215. The molecule has 1 heterocycles. The summed E-state index contributed by atoms with van der Waals surface area (Å²) in [5.41, 5.74) is 0. The van der Waals surface area contributed by atoms with Crippen LogP contribution >= 0.6 is 11.8 Å². The number of nitrogens with zero attached hydrogens (tertiary/aromatic N) is 5. The van der Waals surface area contributed by atoms with Gasteiger partial charge in [-0.3, -0.25) is 4.79 Å². The normalized spacial score (nSPS) is 15.7. The van der Waals surface area contributed by atoms with E-state index in [2.05, 4.69) is 20.8 Å². The van der Waals surface area contributed by atoms with Crippen LogP contribution < -0.4 is 0 Å². The lowest BCUT2D eigenvalue weighted by Gasteiger charge is -2.19. The molecule has 0 radical (unpaired) electrons. The Balaban J connectivity index is 1.99. The SMILES string of the molecule is Cc1nnc(S[C@@H](C)C(=O)N(C)CCC#N)n1C1CC1. The zero-order chi connectivity index (χ0) is 14.7. The highest BCUT2D eigenvalue weighted by Crippen LogP contribution is 2.39. The molecule has 108 valence electrons. The van der Waals surface area contributed by atoms with E-state index in [0.29, 0.717) is 19.0 Å². The number of hydrogen-bond donors (Lipinski definition) is 0. The van der Waals surface area contributed by atoms with Gasteiger partial charge in [-0.05, 0) is 26.7 Å². The van der Waals surface area contributed by atoms with Gasteiger partial charge in [-0.1, -0.05) is 11.8 Å². The van der Waals surface area contributed by atoms with E-state index in [1.165, 1.54) is 11.8 Å². The van der Waals surface area contributed by atoms with E-state index in [0.717, 1.165) is 23.8 Å². The number of thioether (sulfide) groups is 1. The first kappa shape index (κ1) is 14.9. The lowest BCUT2D eigenvalue weighted by Crippen LogP contribution is -2.34. The van der Waals surface area contributed by atoms with Crippen molar-refractivity contribution in [1.82, 2.24) is 19.7 Å². The molecule has 0 saturated heterocycles. The van der Waals surface area contributed by atoms with E-state index in [-0.39, 0.29) is 11.2 Å². The Hall–Kier alpha value is -1.55. The molecule has 2 rings (SSSR count). The van der Waals surface area contributed by atoms with Crippen molar-refractivity contribution >= 4 is 17.7 Å². The maximum atomic E-state index is 12.2. The highest BCUT2D eigenvalue weighted by molar-refractivity contribution is 8.00. The molecule has 1 aliphatic rings. The van der Waals surface area contributed by atoms with Crippen LogP contribution in [0.1, 0.15) is 38.1 Å². The van der Waals surface area contributed by atoms with Crippen LogP contribution in [0.25, 0.3) is 0 Å². The number of amides is 1. The Labute approximate surface area is 123 Å². The number of carbonyl (C=O) groups is 1. The number of carbonyl (C=O) groups excluding carboxylic acids is 1. The van der Waals surface area contributed by atoms with E-state index < -0.39 is 0 Å². The molecule has 0 unspecified atom stereocenters. The third-order valence-corrected chi connectivity index (χ3v) is 4.36. The van der Waals surface area contributed by atoms with Gasteiger partial charge >= 0.3 is 0 Å². The Morgan fingerprint density at radius 3 is 2.90 bits per heavy atom. The van der Waals surface area contributed by atoms with Gasteiger partial charge in [-0.2, -0.15) is 5.26 Å². The lowest BCUT2D eigenvalue weighted by atomic mass is 10.3. The lowest BCUT2D eigenvalue weighted by molar-refractivity contribution is -0.128. The zero-order valence-electron chi connectivity index (χ0n) is 12.0. The summed E-state index contributed by atoms with van der Waals surface area (Å²) in [7, 11) is 1.73. The van der Waals surface area contributed by atoms with Crippen LogP contribution in [0, 0.1) is 18.3 Å². The van der Waals surface area contributed by atoms with Crippen LogP contribution in [0.4, 0.5) is 0 Å². The third-order valence-electron chi connectivity index (χ3n) is 3.31. The molecular formula is C13H19N5OS. The van der Waals surface area contributed by atoms with Crippen LogP contribution in [0.5, 0.6) is 0 Å². The molecule has 20 heavy (non-hydrogen) atoms. The Bertz CT molecular complexity index is 531. The predicted octanol–water partition coefficient (Wildman–Crippen LogP) is 1.77. The number of rotatable bonds is 6. The zero-order valence-corrected chi connectivity index (χ0v) is 12.9. The van der Waals surface area contributed by atoms with E-state index in [4.69, 9.17) is 5.26 Å². The fourth-order valence-corrected chi connectivity index (χ4v) is 3.11. The largest absolute Gasteiger partial charge is 0.344 e. The van der Waals surface area contributed by atoms with Gasteiger partial charge in [0.05, 0.1) is 17.7 Å². The first-order valence-electron chi connectivity index (χ1n) is 6.74. The quantitative estimate of drug-likeness (QED) is 0.747. The molecule has 0 aliphatic heterocycles. The van der Waals surface area contributed by atoms with Crippen LogP contribution in [0.3, 0.4) is 0 Å². The first-order chi connectivity index (χ1) is 9.54. The van der Waals surface area contributed by atoms with Crippen LogP contribution in [-0.2, 0) is 4.79 Å². The topological polar surface area (TPSA) is 74.8 Å². The second kappa shape index (κ2) is 6.27. The van der Waals surface area contributed by atoms with Gasteiger partial charge in [-0.25, -0.2) is 0 Å². The maximum Gasteiger partial charge on any atom is 0.235 e. The van der Waals surface area contributed by atoms with Gasteiger partial charge in [0.1, 0.15) is 5.82 Å². The molecule has 0 spiro atoms. The van der Waals surface area contributed by atoms with Gasteiger partial charge in [-0.15, -0.1) is 10.2 Å². The van der Waals surface area contributed by atoms with Crippen LogP contribution in [0.2, 0.25) is 0 Å². The van der Waals surface area contributed by atoms with Gasteiger partial charge in [0.25, 0.3) is 0 Å². The van der Waals surface area contributed by atoms with Crippen molar-refractivity contribution in [2.24, 2.45) is 0 Å². The van der Waals surface area contributed by atoms with Gasteiger partial charge in [0.2, 0.25) is 5.91 Å². The number of hydrogen-bond acceptors (Lipinski definition) is 5. The summed E-state index contributed by atoms with van der Waals surface area (Å²) in [6.07, 6.45) is 2.69. The summed E-state index contributed by atoms with van der Waals surface area (Å²) in [6.45, 7) is 4.28. The number of aryl methyl sites for hydroxylation is 1. The third kappa shape index (κ3) is 3.31. The van der Waals surface area contributed by atoms with Crippen molar-refractivity contribution in [3.8, 4) is 6.07 Å². The average molecular weight is 293 g/mol. The summed E-state index contributed by atoms with van der Waals surface area (Å²) in [5, 5.41) is 17.4. The van der Waals surface area contributed by atoms with Crippen LogP contribution in [0.15, 0.2) is 5.16 Å². The van der Waals surface area contributed by atoms with Gasteiger partial charge < -0.3 is 9.47 Å². The van der Waals surface area contributed by atoms with Crippen molar-refractivity contribution in [3.05, 3.63) is 5.82 Å². The van der Waals surface area contributed by atoms with Crippen LogP contribution in [-0.4, -0.2) is 44.4 Å². The Morgan fingerprint density at radius 1 is 1.60 bits per heavy atom. The number of aromatic nitrogens is 3. The van der Waals surface area contributed by atoms with E-state index in [9.17, 15) is 4.79 Å². The molecule has 1 aromatic rings. The highest BCUT2D eigenvalue weighted by Gasteiger charge is 2.30. The smallest absolute Gasteiger partial charge is 0.235 e. The van der Waals surface area contributed by atoms with E-state index in [1.54, 1.807) is 11.9 Å². The molecule has 0 aromatic carbocycles. The molecule has 6 nitrogen and oxygen atoms in total. The molecule has 1 saturated carbocycles. The molecular weight excluding hydrogens is 274 g/mol. The summed E-state index contributed by atoms with van der Waals surface area (Å²) >= 11 is 1.44. The second-order valence-corrected chi connectivity index (χ2v) is 6.37. The molecule has 1 amide bonds. The number of nitriles is 1. The fourth-order valence-electron chi connectivity index (χ4n) is 2.03. The fraction of sp³-hybridized carbons (Fsp3) is 0.692. The molecule has 1 atom stereocenters. The van der Waals surface area contributed by atoms with Gasteiger partial charge in [0.15, 0.2) is 5.16 Å². The molecule has 1 aromatic heterocycles. The van der Waals surface area contributed by atoms with Crippen molar-refractivity contribution in [1.29, 1.82) is 5.26 Å². The molecule has 0 N–H and O–H groups in total. The van der Waals surface area contributed by atoms with Crippen molar-refractivity contribution < 1.29 is 4.79 Å². The predicted molar refractivity (Wildman–Crippen MR) is 76.2 cm³/mol. The second-order valence-electron chi connectivity index (χ2n) is 5.06.